The molecule has 0 bridgehead atoms. The molecule has 9 heavy (non-hydrogen) atoms. The van der Waals surface area contributed by atoms with Crippen LogP contribution in [0.1, 0.15) is 0 Å². The van der Waals surface area contributed by atoms with E-state index in [0.717, 1.165) is 0 Å². The second-order valence-electron chi connectivity index (χ2n) is 1.34. The van der Waals surface area contributed by atoms with Crippen LogP contribution in [0, 0.1) is 0 Å². The van der Waals surface area contributed by atoms with Gasteiger partial charge in [-0.25, -0.2) is 4.39 Å². The summed E-state index contributed by atoms with van der Waals surface area (Å²) < 4.78 is 56.3. The minimum absolute atomic E-state index is 2.45. The molecule has 0 aliphatic rings. The predicted molar refractivity (Wildman–Crippen MR) is 21.7 cm³/mol. The fourth-order valence-electron chi connectivity index (χ4n) is 0.0758. The summed E-state index contributed by atoms with van der Waals surface area (Å²) in [5.74, 6) is -4.76. The lowest BCUT2D eigenvalue weighted by Gasteiger charge is -2.16. The minimum Gasteiger partial charge on any atom is -0.244 e. The van der Waals surface area contributed by atoms with Crippen molar-refractivity contribution in [2.45, 2.75) is 11.3 Å². The van der Waals surface area contributed by atoms with Gasteiger partial charge in [-0.2, -0.15) is 17.6 Å². The molecule has 0 aromatic carbocycles. The Morgan fingerprint density at radius 2 is 1.44 bits per heavy atom. The average Bonchev–Trinajstić information content (AvgIpc) is 1.64. The van der Waals surface area contributed by atoms with Gasteiger partial charge in [0.25, 0.3) is 0 Å². The first-order valence-corrected chi connectivity index (χ1v) is 2.19. The van der Waals surface area contributed by atoms with E-state index < -0.39 is 18.0 Å². The molecule has 0 aliphatic carbocycles. The standard InChI is InChI=1S/C3H2ClF5/c4-3(8,9)2(6,7)1-5/h1H2. The molecule has 0 atom stereocenters. The van der Waals surface area contributed by atoms with Gasteiger partial charge < -0.3 is 0 Å². The molecule has 0 aromatic rings. The second kappa shape index (κ2) is 2.28. The van der Waals surface area contributed by atoms with E-state index in [9.17, 15) is 22.0 Å². The lowest BCUT2D eigenvalue weighted by Crippen LogP contribution is -2.37. The Kier molecular flexibility index (Phi) is 2.27. The van der Waals surface area contributed by atoms with Crippen molar-refractivity contribution in [2.24, 2.45) is 0 Å². The summed E-state index contributed by atoms with van der Waals surface area (Å²) in [6.07, 6.45) is 0. The highest BCUT2D eigenvalue weighted by Gasteiger charge is 2.55. The Morgan fingerprint density at radius 1 is 1.11 bits per heavy atom. The van der Waals surface area contributed by atoms with Crippen LogP contribution in [-0.2, 0) is 0 Å². The second-order valence-corrected chi connectivity index (χ2v) is 1.81. The van der Waals surface area contributed by atoms with Crippen LogP contribution < -0.4 is 0 Å². The van der Waals surface area contributed by atoms with Crippen molar-refractivity contribution in [3.8, 4) is 0 Å². The fourth-order valence-corrected chi connectivity index (χ4v) is 0.126. The zero-order chi connectivity index (χ0) is 7.71. The normalized spacial score (nSPS) is 14.0. The predicted octanol–water partition coefficient (Wildman–Crippen LogP) is 2.42. The Labute approximate surface area is 52.6 Å². The third kappa shape index (κ3) is 1.97. The summed E-state index contributed by atoms with van der Waals surface area (Å²) in [4.78, 5) is 0. The molecule has 0 N–H and O–H groups in total. The number of rotatable bonds is 2. The maximum Gasteiger partial charge on any atom is 0.386 e. The van der Waals surface area contributed by atoms with Crippen molar-refractivity contribution in [3.05, 3.63) is 0 Å². The van der Waals surface area contributed by atoms with Gasteiger partial charge in [0.15, 0.2) is 6.67 Å². The summed E-state index contributed by atoms with van der Waals surface area (Å²) in [6, 6.07) is 0. The molecule has 0 aromatic heterocycles. The van der Waals surface area contributed by atoms with Crippen LogP contribution in [0.2, 0.25) is 0 Å². The summed E-state index contributed by atoms with van der Waals surface area (Å²) in [5.41, 5.74) is 0. The highest BCUT2D eigenvalue weighted by Crippen LogP contribution is 2.37. The molecule has 0 aliphatic heterocycles. The average molecular weight is 168 g/mol. The van der Waals surface area contributed by atoms with Gasteiger partial charge in [-0.05, 0) is 11.6 Å². The molecule has 0 unspecified atom stereocenters. The molecule has 56 valence electrons. The number of hydrogen-bond acceptors (Lipinski definition) is 0. The molecular weight excluding hydrogens is 166 g/mol. The minimum atomic E-state index is -4.79. The van der Waals surface area contributed by atoms with Gasteiger partial charge in [0.1, 0.15) is 0 Å². The van der Waals surface area contributed by atoms with Crippen molar-refractivity contribution in [1.29, 1.82) is 0 Å². The molecule has 0 fully saturated rings. The van der Waals surface area contributed by atoms with E-state index in [1.807, 2.05) is 0 Å². The monoisotopic (exact) mass is 168 g/mol. The molecular formula is C3H2ClF5. The van der Waals surface area contributed by atoms with Crippen LogP contribution in [0.25, 0.3) is 0 Å². The van der Waals surface area contributed by atoms with E-state index in [1.54, 1.807) is 0 Å². The number of alkyl halides is 6. The van der Waals surface area contributed by atoms with Crippen molar-refractivity contribution >= 4 is 11.6 Å². The lowest BCUT2D eigenvalue weighted by atomic mass is 10.4. The van der Waals surface area contributed by atoms with E-state index in [4.69, 9.17) is 0 Å². The third-order valence-corrected chi connectivity index (χ3v) is 0.859. The zero-order valence-electron chi connectivity index (χ0n) is 3.97. The SMILES string of the molecule is FCC(F)(F)C(F)(F)Cl. The van der Waals surface area contributed by atoms with Crippen molar-refractivity contribution < 1.29 is 22.0 Å². The van der Waals surface area contributed by atoms with Gasteiger partial charge >= 0.3 is 11.3 Å². The molecule has 6 heteroatoms. The maximum absolute atomic E-state index is 11.4. The number of halogens is 6. The molecule has 0 rings (SSSR count). The highest BCUT2D eigenvalue weighted by molar-refractivity contribution is 6.22. The van der Waals surface area contributed by atoms with Crippen LogP contribution in [0.3, 0.4) is 0 Å². The van der Waals surface area contributed by atoms with Crippen LogP contribution in [0.15, 0.2) is 0 Å². The van der Waals surface area contributed by atoms with Crippen LogP contribution >= 0.6 is 11.6 Å². The Bertz CT molecular complexity index is 94.9. The molecule has 0 radical (unpaired) electrons. The first-order chi connectivity index (χ1) is 3.81. The van der Waals surface area contributed by atoms with E-state index in [1.165, 1.54) is 0 Å². The van der Waals surface area contributed by atoms with Crippen LogP contribution in [-0.4, -0.2) is 18.0 Å². The van der Waals surface area contributed by atoms with Gasteiger partial charge in [-0.15, -0.1) is 0 Å². The summed E-state index contributed by atoms with van der Waals surface area (Å²) >= 11 is 3.80. The molecule has 0 saturated carbocycles. The topological polar surface area (TPSA) is 0 Å². The Balaban J connectivity index is 4.14. The van der Waals surface area contributed by atoms with Gasteiger partial charge in [0.2, 0.25) is 0 Å². The number of hydrogen-bond donors (Lipinski definition) is 0. The highest BCUT2D eigenvalue weighted by atomic mass is 35.5. The van der Waals surface area contributed by atoms with Crippen LogP contribution in [0.5, 0.6) is 0 Å². The fraction of sp³-hybridized carbons (Fsp3) is 1.00. The van der Waals surface area contributed by atoms with Gasteiger partial charge in [0, 0.05) is 0 Å². The Hall–Kier alpha value is -0.0600. The summed E-state index contributed by atoms with van der Waals surface area (Å²) in [7, 11) is 0. The van der Waals surface area contributed by atoms with Crippen LogP contribution in [0.4, 0.5) is 22.0 Å². The zero-order valence-corrected chi connectivity index (χ0v) is 4.73. The van der Waals surface area contributed by atoms with E-state index in [2.05, 4.69) is 11.6 Å². The maximum atomic E-state index is 11.4. The first-order valence-electron chi connectivity index (χ1n) is 1.82. The van der Waals surface area contributed by atoms with Gasteiger partial charge in [0.05, 0.1) is 0 Å². The third-order valence-electron chi connectivity index (χ3n) is 0.583. The van der Waals surface area contributed by atoms with Gasteiger partial charge in [-0.1, -0.05) is 0 Å². The quantitative estimate of drug-likeness (QED) is 0.439. The summed E-state index contributed by atoms with van der Waals surface area (Å²) in [5, 5.41) is -4.79. The largest absolute Gasteiger partial charge is 0.386 e. The molecule has 0 amide bonds. The van der Waals surface area contributed by atoms with Crippen molar-refractivity contribution in [3.63, 3.8) is 0 Å². The van der Waals surface area contributed by atoms with Gasteiger partial charge in [-0.3, -0.25) is 0 Å². The smallest absolute Gasteiger partial charge is 0.244 e. The summed E-state index contributed by atoms with van der Waals surface area (Å²) in [6.45, 7) is -2.45. The molecule has 0 heterocycles. The lowest BCUT2D eigenvalue weighted by molar-refractivity contribution is -0.166. The molecule has 0 nitrogen and oxygen atoms in total. The molecule has 0 spiro atoms. The first kappa shape index (κ1) is 8.94. The molecule has 0 saturated heterocycles. The van der Waals surface area contributed by atoms with E-state index in [0.29, 0.717) is 0 Å². The van der Waals surface area contributed by atoms with Crippen molar-refractivity contribution in [2.75, 3.05) is 6.67 Å². The van der Waals surface area contributed by atoms with Crippen molar-refractivity contribution in [1.82, 2.24) is 0 Å². The van der Waals surface area contributed by atoms with E-state index >= 15 is 0 Å². The van der Waals surface area contributed by atoms with E-state index in [-0.39, 0.29) is 0 Å². The Morgan fingerprint density at radius 3 is 1.44 bits per heavy atom.